The highest BCUT2D eigenvalue weighted by Crippen LogP contribution is 2.17. The van der Waals surface area contributed by atoms with Crippen LogP contribution in [0.15, 0.2) is 0 Å². The number of carbonyl (C=O) groups is 2. The molecule has 0 aliphatic heterocycles. The molecule has 0 spiro atoms. The summed E-state index contributed by atoms with van der Waals surface area (Å²) in [5.74, 6) is 0.0469. The Morgan fingerprint density at radius 3 is 2.33 bits per heavy atom. The lowest BCUT2D eigenvalue weighted by Gasteiger charge is -2.22. The summed E-state index contributed by atoms with van der Waals surface area (Å²) in [7, 11) is 1.81. The summed E-state index contributed by atoms with van der Waals surface area (Å²) in [6.07, 6.45) is 6.74. The van der Waals surface area contributed by atoms with Crippen molar-refractivity contribution in [3.63, 3.8) is 0 Å². The van der Waals surface area contributed by atoms with Crippen LogP contribution in [0.2, 0.25) is 0 Å². The molecule has 2 amide bonds. The molecule has 5 nitrogen and oxygen atoms in total. The van der Waals surface area contributed by atoms with Gasteiger partial charge in [-0.15, -0.1) is 0 Å². The van der Waals surface area contributed by atoms with E-state index in [2.05, 4.69) is 16.0 Å². The molecule has 0 saturated heterocycles. The second-order valence-electron chi connectivity index (χ2n) is 4.86. The molecule has 0 atom stereocenters. The van der Waals surface area contributed by atoms with E-state index in [1.807, 2.05) is 7.05 Å². The topological polar surface area (TPSA) is 70.2 Å². The smallest absolute Gasteiger partial charge is 0.221 e. The Hall–Kier alpha value is -1.10. The van der Waals surface area contributed by atoms with Crippen molar-refractivity contribution in [2.24, 2.45) is 0 Å². The molecule has 104 valence electrons. The summed E-state index contributed by atoms with van der Waals surface area (Å²) >= 11 is 0. The molecule has 1 aliphatic carbocycles. The number of carbonyl (C=O) groups excluding carboxylic acids is 2. The monoisotopic (exact) mass is 255 g/mol. The molecule has 1 aliphatic rings. The van der Waals surface area contributed by atoms with Gasteiger partial charge in [0.05, 0.1) is 0 Å². The molecule has 18 heavy (non-hydrogen) atoms. The average Bonchev–Trinajstić information content (AvgIpc) is 2.37. The van der Waals surface area contributed by atoms with E-state index in [9.17, 15) is 9.59 Å². The Balaban J connectivity index is 2.04. The van der Waals surface area contributed by atoms with Crippen LogP contribution >= 0.6 is 0 Å². The lowest BCUT2D eigenvalue weighted by atomic mass is 9.95. The van der Waals surface area contributed by atoms with Gasteiger partial charge in [0.1, 0.15) is 0 Å². The molecular weight excluding hydrogens is 230 g/mol. The Labute approximate surface area is 109 Å². The van der Waals surface area contributed by atoms with E-state index in [1.54, 1.807) is 0 Å². The Morgan fingerprint density at radius 1 is 1.00 bits per heavy atom. The zero-order valence-electron chi connectivity index (χ0n) is 11.3. The van der Waals surface area contributed by atoms with Crippen molar-refractivity contribution < 1.29 is 9.59 Å². The molecule has 1 rings (SSSR count). The third-order valence-corrected chi connectivity index (χ3v) is 3.25. The van der Waals surface area contributed by atoms with Gasteiger partial charge in [0.25, 0.3) is 0 Å². The van der Waals surface area contributed by atoms with Crippen LogP contribution in [0.1, 0.15) is 44.9 Å². The first-order valence-electron chi connectivity index (χ1n) is 6.93. The van der Waals surface area contributed by atoms with Crippen LogP contribution < -0.4 is 16.0 Å². The molecule has 5 heteroatoms. The highest BCUT2D eigenvalue weighted by molar-refractivity contribution is 5.79. The quantitative estimate of drug-likeness (QED) is 0.622. The lowest BCUT2D eigenvalue weighted by molar-refractivity contribution is -0.122. The van der Waals surface area contributed by atoms with Crippen LogP contribution in [0.5, 0.6) is 0 Å². The fraction of sp³-hybridized carbons (Fsp3) is 0.846. The van der Waals surface area contributed by atoms with Crippen molar-refractivity contribution in [1.82, 2.24) is 16.0 Å². The third-order valence-electron chi connectivity index (χ3n) is 3.25. The summed E-state index contributed by atoms with van der Waals surface area (Å²) in [6, 6.07) is 0.353. The maximum absolute atomic E-state index is 11.6. The van der Waals surface area contributed by atoms with Gasteiger partial charge in [0.15, 0.2) is 0 Å². The van der Waals surface area contributed by atoms with E-state index in [1.165, 1.54) is 19.3 Å². The molecule has 0 bridgehead atoms. The molecule has 0 aromatic carbocycles. The highest BCUT2D eigenvalue weighted by atomic mass is 16.2. The minimum absolute atomic E-state index is 0.00480. The lowest BCUT2D eigenvalue weighted by Crippen LogP contribution is -2.38. The van der Waals surface area contributed by atoms with E-state index < -0.39 is 0 Å². The number of amides is 2. The van der Waals surface area contributed by atoms with E-state index in [0.717, 1.165) is 12.8 Å². The van der Waals surface area contributed by atoms with E-state index in [-0.39, 0.29) is 11.8 Å². The summed E-state index contributed by atoms with van der Waals surface area (Å²) < 4.78 is 0. The van der Waals surface area contributed by atoms with Gasteiger partial charge in [-0.05, 0) is 19.9 Å². The zero-order chi connectivity index (χ0) is 13.2. The van der Waals surface area contributed by atoms with Gasteiger partial charge in [0, 0.05) is 32.0 Å². The molecule has 0 unspecified atom stereocenters. The van der Waals surface area contributed by atoms with Crippen molar-refractivity contribution in [3.8, 4) is 0 Å². The van der Waals surface area contributed by atoms with Gasteiger partial charge < -0.3 is 16.0 Å². The first kappa shape index (κ1) is 15.0. The van der Waals surface area contributed by atoms with Gasteiger partial charge >= 0.3 is 0 Å². The number of rotatable bonds is 7. The van der Waals surface area contributed by atoms with Gasteiger partial charge in [-0.2, -0.15) is 0 Å². The minimum atomic E-state index is -0.00480. The van der Waals surface area contributed by atoms with Crippen LogP contribution in [0.3, 0.4) is 0 Å². The Morgan fingerprint density at radius 2 is 1.67 bits per heavy atom. The second-order valence-corrected chi connectivity index (χ2v) is 4.86. The summed E-state index contributed by atoms with van der Waals surface area (Å²) in [6.45, 7) is 1.10. The maximum atomic E-state index is 11.6. The fourth-order valence-corrected chi connectivity index (χ4v) is 2.19. The molecular formula is C13H25N3O2. The Bertz CT molecular complexity index is 263. The summed E-state index contributed by atoms with van der Waals surface area (Å²) in [4.78, 5) is 22.9. The van der Waals surface area contributed by atoms with Crippen LogP contribution in [0, 0.1) is 0 Å². The SMILES string of the molecule is CNCCC(=O)NCCC(=O)NC1CCCCC1. The van der Waals surface area contributed by atoms with Gasteiger partial charge in [-0.3, -0.25) is 9.59 Å². The molecule has 1 saturated carbocycles. The fourth-order valence-electron chi connectivity index (χ4n) is 2.19. The Kier molecular flexibility index (Phi) is 7.41. The highest BCUT2D eigenvalue weighted by Gasteiger charge is 2.15. The van der Waals surface area contributed by atoms with Crippen molar-refractivity contribution in [2.75, 3.05) is 20.1 Å². The van der Waals surface area contributed by atoms with E-state index >= 15 is 0 Å². The van der Waals surface area contributed by atoms with Gasteiger partial charge in [0.2, 0.25) is 11.8 Å². The standard InChI is InChI=1S/C13H25N3O2/c1-14-9-7-12(17)15-10-8-13(18)16-11-5-3-2-4-6-11/h11,14H,2-10H2,1H3,(H,15,17)(H,16,18). The molecule has 0 heterocycles. The predicted molar refractivity (Wildman–Crippen MR) is 71.2 cm³/mol. The third kappa shape index (κ3) is 6.59. The van der Waals surface area contributed by atoms with Crippen molar-refractivity contribution in [3.05, 3.63) is 0 Å². The largest absolute Gasteiger partial charge is 0.356 e. The molecule has 0 aromatic rings. The zero-order valence-corrected chi connectivity index (χ0v) is 11.3. The maximum Gasteiger partial charge on any atom is 0.221 e. The second kappa shape index (κ2) is 8.91. The normalized spacial score (nSPS) is 16.3. The van der Waals surface area contributed by atoms with Gasteiger partial charge in [-0.25, -0.2) is 0 Å². The molecule has 0 radical (unpaired) electrons. The number of hydrogen-bond acceptors (Lipinski definition) is 3. The molecule has 1 fully saturated rings. The number of hydrogen-bond donors (Lipinski definition) is 3. The van der Waals surface area contributed by atoms with E-state index in [0.29, 0.717) is 32.0 Å². The summed E-state index contributed by atoms with van der Waals surface area (Å²) in [5.41, 5.74) is 0. The van der Waals surface area contributed by atoms with Crippen molar-refractivity contribution >= 4 is 11.8 Å². The van der Waals surface area contributed by atoms with Gasteiger partial charge in [-0.1, -0.05) is 19.3 Å². The first-order chi connectivity index (χ1) is 8.72. The van der Waals surface area contributed by atoms with Crippen molar-refractivity contribution in [1.29, 1.82) is 0 Å². The van der Waals surface area contributed by atoms with Crippen molar-refractivity contribution in [2.45, 2.75) is 51.0 Å². The minimum Gasteiger partial charge on any atom is -0.356 e. The average molecular weight is 255 g/mol. The van der Waals surface area contributed by atoms with Crippen LogP contribution in [-0.2, 0) is 9.59 Å². The van der Waals surface area contributed by atoms with Crippen LogP contribution in [0.25, 0.3) is 0 Å². The number of nitrogens with one attached hydrogen (secondary N) is 3. The first-order valence-corrected chi connectivity index (χ1v) is 6.93. The van der Waals surface area contributed by atoms with E-state index in [4.69, 9.17) is 0 Å². The molecule has 3 N–H and O–H groups in total. The summed E-state index contributed by atoms with van der Waals surface area (Å²) in [5, 5.41) is 8.69. The molecule has 0 aromatic heterocycles. The van der Waals surface area contributed by atoms with Crippen LogP contribution in [-0.4, -0.2) is 38.0 Å². The van der Waals surface area contributed by atoms with Crippen LogP contribution in [0.4, 0.5) is 0 Å². The predicted octanol–water partition coefficient (Wildman–Crippen LogP) is 0.551.